The lowest BCUT2D eigenvalue weighted by Crippen LogP contribution is -2.32. The number of carbonyl (C=O) groups excluding carboxylic acids is 3. The first-order valence-electron chi connectivity index (χ1n) is 10.1. The minimum absolute atomic E-state index is 0.0847. The number of rotatable bonds is 10. The molecule has 8 nitrogen and oxygen atoms in total. The summed E-state index contributed by atoms with van der Waals surface area (Å²) in [6, 6.07) is 10.3. The van der Waals surface area contributed by atoms with Crippen LogP contribution in [0.4, 0.5) is 4.79 Å². The van der Waals surface area contributed by atoms with Crippen molar-refractivity contribution >= 4 is 62.5 Å². The Balaban J connectivity index is 1.73. The van der Waals surface area contributed by atoms with E-state index >= 15 is 0 Å². The van der Waals surface area contributed by atoms with E-state index in [9.17, 15) is 14.4 Å². The largest absolute Gasteiger partial charge is 0.490 e. The van der Waals surface area contributed by atoms with Crippen molar-refractivity contribution in [1.29, 1.82) is 0 Å². The van der Waals surface area contributed by atoms with Crippen LogP contribution in [0.25, 0.3) is 6.08 Å². The Morgan fingerprint density at radius 2 is 1.91 bits per heavy atom. The number of nitrogens with zero attached hydrogens (tertiary/aromatic N) is 1. The van der Waals surface area contributed by atoms with Crippen molar-refractivity contribution in [3.05, 3.63) is 56.4 Å². The quantitative estimate of drug-likeness (QED) is 0.286. The van der Waals surface area contributed by atoms with Crippen molar-refractivity contribution in [3.63, 3.8) is 0 Å². The Morgan fingerprint density at radius 3 is 2.62 bits per heavy atom. The Morgan fingerprint density at radius 1 is 1.15 bits per heavy atom. The fourth-order valence-electron chi connectivity index (χ4n) is 2.92. The maximum Gasteiger partial charge on any atom is 0.343 e. The van der Waals surface area contributed by atoms with Gasteiger partial charge in [-0.1, -0.05) is 23.7 Å². The van der Waals surface area contributed by atoms with Crippen LogP contribution >= 0.6 is 39.3 Å². The molecule has 11 heteroatoms. The van der Waals surface area contributed by atoms with Gasteiger partial charge >= 0.3 is 5.97 Å². The second-order valence-electron chi connectivity index (χ2n) is 6.74. The van der Waals surface area contributed by atoms with Crippen molar-refractivity contribution in [2.45, 2.75) is 6.92 Å². The van der Waals surface area contributed by atoms with E-state index in [-0.39, 0.29) is 29.9 Å². The maximum atomic E-state index is 12.8. The Labute approximate surface area is 214 Å². The van der Waals surface area contributed by atoms with Gasteiger partial charge in [-0.15, -0.1) is 0 Å². The topological polar surface area (TPSA) is 91.4 Å². The smallest absolute Gasteiger partial charge is 0.343 e. The lowest BCUT2D eigenvalue weighted by molar-refractivity contribution is -0.143. The van der Waals surface area contributed by atoms with Crippen LogP contribution in [0.3, 0.4) is 0 Å². The summed E-state index contributed by atoms with van der Waals surface area (Å²) in [6.07, 6.45) is 1.59. The number of amides is 2. The monoisotopic (exact) mass is 569 g/mol. The lowest BCUT2D eigenvalue weighted by atomic mass is 10.2. The Bertz CT molecular complexity index is 1120. The summed E-state index contributed by atoms with van der Waals surface area (Å²) in [6.45, 7) is 2.07. The van der Waals surface area contributed by atoms with E-state index in [2.05, 4.69) is 20.7 Å². The number of benzene rings is 2. The number of thioether (sulfide) groups is 1. The molecule has 1 saturated heterocycles. The third-order valence-corrected chi connectivity index (χ3v) is 6.28. The number of esters is 1. The van der Waals surface area contributed by atoms with Crippen LogP contribution in [0, 0.1) is 0 Å². The first kappa shape index (κ1) is 25.9. The molecule has 0 radical (unpaired) electrons. The molecule has 3 rings (SSSR count). The van der Waals surface area contributed by atoms with Crippen LogP contribution in [-0.2, 0) is 14.3 Å². The Hall–Kier alpha value is -2.69. The molecular formula is C23H21BrClNO7S. The third kappa shape index (κ3) is 6.46. The van der Waals surface area contributed by atoms with Gasteiger partial charge in [0.2, 0.25) is 0 Å². The fourth-order valence-corrected chi connectivity index (χ4v) is 4.55. The molecule has 2 amide bonds. The highest BCUT2D eigenvalue weighted by Gasteiger charge is 2.35. The predicted octanol–water partition coefficient (Wildman–Crippen LogP) is 5.17. The van der Waals surface area contributed by atoms with Crippen molar-refractivity contribution in [2.75, 3.05) is 33.5 Å². The average Bonchev–Trinajstić information content (AvgIpc) is 3.07. The van der Waals surface area contributed by atoms with Crippen LogP contribution in [0.15, 0.2) is 45.8 Å². The average molecular weight is 571 g/mol. The maximum absolute atomic E-state index is 12.8. The number of hydrogen-bond donors (Lipinski definition) is 0. The summed E-state index contributed by atoms with van der Waals surface area (Å²) in [5, 5.41) is 0.0624. The number of para-hydroxylation sites is 1. The van der Waals surface area contributed by atoms with E-state index in [0.29, 0.717) is 38.9 Å². The zero-order valence-corrected chi connectivity index (χ0v) is 21.5. The zero-order chi connectivity index (χ0) is 24.7. The van der Waals surface area contributed by atoms with Crippen LogP contribution in [0.2, 0.25) is 5.02 Å². The molecular weight excluding hydrogens is 550 g/mol. The number of methoxy groups -OCH3 is 1. The molecule has 0 saturated carbocycles. The molecule has 0 aliphatic carbocycles. The van der Waals surface area contributed by atoms with Crippen molar-refractivity contribution in [1.82, 2.24) is 4.90 Å². The highest BCUT2D eigenvalue weighted by molar-refractivity contribution is 9.10. The standard InChI is InChI=1S/C23H21BrClNO7S/c1-3-31-18-11-14(10-15(24)21(18)33-13-20(27)30-2)12-19-22(28)26(23(29)34-19)8-9-32-17-7-5-4-6-16(17)25/h4-7,10-12H,3,8-9,13H2,1-2H3/b19-12-. The normalized spacial score (nSPS) is 14.5. The molecule has 2 aromatic carbocycles. The number of carbonyl (C=O) groups is 3. The first-order chi connectivity index (χ1) is 16.3. The summed E-state index contributed by atoms with van der Waals surface area (Å²) >= 11 is 10.3. The van der Waals surface area contributed by atoms with E-state index in [4.69, 9.17) is 25.8 Å². The van der Waals surface area contributed by atoms with Gasteiger partial charge in [-0.2, -0.15) is 0 Å². The molecule has 1 heterocycles. The van der Waals surface area contributed by atoms with Gasteiger partial charge in [0.25, 0.3) is 11.1 Å². The molecule has 0 bridgehead atoms. The summed E-state index contributed by atoms with van der Waals surface area (Å²) < 4.78 is 21.8. The minimum atomic E-state index is -0.536. The van der Waals surface area contributed by atoms with Gasteiger partial charge in [0.15, 0.2) is 18.1 Å². The molecule has 0 spiro atoms. The highest BCUT2D eigenvalue weighted by Crippen LogP contribution is 2.39. The molecule has 1 fully saturated rings. The van der Waals surface area contributed by atoms with Crippen LogP contribution in [-0.4, -0.2) is 55.5 Å². The number of imide groups is 1. The van der Waals surface area contributed by atoms with E-state index in [0.717, 1.165) is 16.7 Å². The number of ether oxygens (including phenoxy) is 4. The second kappa shape index (κ2) is 12.1. The minimum Gasteiger partial charge on any atom is -0.490 e. The van der Waals surface area contributed by atoms with Gasteiger partial charge < -0.3 is 18.9 Å². The molecule has 0 N–H and O–H groups in total. The molecule has 2 aromatic rings. The predicted molar refractivity (Wildman–Crippen MR) is 132 cm³/mol. The fraction of sp³-hybridized carbons (Fsp3) is 0.261. The summed E-state index contributed by atoms with van der Waals surface area (Å²) in [4.78, 5) is 38.0. The van der Waals surface area contributed by atoms with Crippen LogP contribution < -0.4 is 14.2 Å². The molecule has 34 heavy (non-hydrogen) atoms. The molecule has 1 aliphatic heterocycles. The van der Waals surface area contributed by atoms with E-state index < -0.39 is 11.9 Å². The van der Waals surface area contributed by atoms with Gasteiger partial charge in [0.05, 0.1) is 34.7 Å². The van der Waals surface area contributed by atoms with E-state index in [1.807, 2.05) is 0 Å². The lowest BCUT2D eigenvalue weighted by Gasteiger charge is -2.14. The van der Waals surface area contributed by atoms with Gasteiger partial charge in [-0.05, 0) is 70.5 Å². The molecule has 0 aromatic heterocycles. The summed E-state index contributed by atoms with van der Waals surface area (Å²) in [5.41, 5.74) is 0.610. The van der Waals surface area contributed by atoms with Crippen molar-refractivity contribution in [2.24, 2.45) is 0 Å². The zero-order valence-electron chi connectivity index (χ0n) is 18.3. The molecule has 0 unspecified atom stereocenters. The van der Waals surface area contributed by atoms with E-state index in [1.165, 1.54) is 7.11 Å². The van der Waals surface area contributed by atoms with Crippen molar-refractivity contribution in [3.8, 4) is 17.2 Å². The van der Waals surface area contributed by atoms with Crippen LogP contribution in [0.5, 0.6) is 17.2 Å². The number of halogens is 2. The van der Waals surface area contributed by atoms with Gasteiger partial charge in [0.1, 0.15) is 12.4 Å². The summed E-state index contributed by atoms with van der Waals surface area (Å²) in [5.74, 6) is 0.228. The molecule has 0 atom stereocenters. The van der Waals surface area contributed by atoms with E-state index in [1.54, 1.807) is 49.4 Å². The first-order valence-corrected chi connectivity index (χ1v) is 12.1. The second-order valence-corrected chi connectivity index (χ2v) is 8.99. The Kier molecular flexibility index (Phi) is 9.26. The van der Waals surface area contributed by atoms with Crippen LogP contribution in [0.1, 0.15) is 12.5 Å². The highest BCUT2D eigenvalue weighted by atomic mass is 79.9. The summed E-state index contributed by atoms with van der Waals surface area (Å²) in [7, 11) is 1.27. The van der Waals surface area contributed by atoms with Gasteiger partial charge in [-0.3, -0.25) is 14.5 Å². The molecule has 180 valence electrons. The van der Waals surface area contributed by atoms with Gasteiger partial charge in [-0.25, -0.2) is 4.79 Å². The van der Waals surface area contributed by atoms with Gasteiger partial charge in [0, 0.05) is 0 Å². The third-order valence-electron chi connectivity index (χ3n) is 4.47. The molecule has 1 aliphatic rings. The number of hydrogen-bond acceptors (Lipinski definition) is 8. The van der Waals surface area contributed by atoms with Crippen molar-refractivity contribution < 1.29 is 33.3 Å². The SMILES string of the molecule is CCOc1cc(/C=C2\SC(=O)N(CCOc3ccccc3Cl)C2=O)cc(Br)c1OCC(=O)OC.